The fraction of sp³-hybridized carbons (Fsp3) is 0.571. The van der Waals surface area contributed by atoms with Crippen LogP contribution in [0.15, 0.2) is 48.5 Å². The summed E-state index contributed by atoms with van der Waals surface area (Å²) in [4.78, 5) is 0. The molecule has 0 aliphatic carbocycles. The molecule has 2 nitrogen and oxygen atoms in total. The standard InChI is InChI=1S/C22H30O2.3C2H6/c1-18-12-13-22(24-3)21(16-18)11-7-10-20(14-15-23-2)17-19-8-5-4-6-9-19;3*1-2/h4-6,8-9,12-13,16,20H,7,10-11,14-15,17H2,1-3H3;3*1-2H3. The molecule has 0 aliphatic rings. The van der Waals surface area contributed by atoms with Crippen molar-refractivity contribution in [3.63, 3.8) is 0 Å². The van der Waals surface area contributed by atoms with Crippen molar-refractivity contribution >= 4 is 0 Å². The third kappa shape index (κ3) is 13.4. The Kier molecular flexibility index (Phi) is 22.2. The maximum absolute atomic E-state index is 5.50. The van der Waals surface area contributed by atoms with E-state index in [4.69, 9.17) is 9.47 Å². The zero-order valence-electron chi connectivity index (χ0n) is 21.3. The average Bonchev–Trinajstić information content (AvgIpc) is 2.82. The molecule has 0 radical (unpaired) electrons. The predicted molar refractivity (Wildman–Crippen MR) is 135 cm³/mol. The van der Waals surface area contributed by atoms with Gasteiger partial charge in [0.25, 0.3) is 0 Å². The lowest BCUT2D eigenvalue weighted by Gasteiger charge is -2.17. The molecule has 0 bridgehead atoms. The van der Waals surface area contributed by atoms with E-state index in [1.165, 1.54) is 29.5 Å². The third-order valence-electron chi connectivity index (χ3n) is 4.59. The lowest BCUT2D eigenvalue weighted by atomic mass is 9.90. The van der Waals surface area contributed by atoms with Crippen LogP contribution < -0.4 is 4.74 Å². The van der Waals surface area contributed by atoms with Crippen molar-refractivity contribution in [2.24, 2.45) is 5.92 Å². The molecule has 0 saturated heterocycles. The molecule has 0 aromatic heterocycles. The molecule has 2 rings (SSSR count). The van der Waals surface area contributed by atoms with Crippen molar-refractivity contribution in [2.75, 3.05) is 20.8 Å². The van der Waals surface area contributed by atoms with Crippen molar-refractivity contribution < 1.29 is 9.47 Å². The molecule has 2 aromatic carbocycles. The summed E-state index contributed by atoms with van der Waals surface area (Å²) in [6, 6.07) is 17.2. The minimum atomic E-state index is 0.670. The Morgan fingerprint density at radius 1 is 0.800 bits per heavy atom. The zero-order valence-corrected chi connectivity index (χ0v) is 21.3. The van der Waals surface area contributed by atoms with E-state index in [1.54, 1.807) is 14.2 Å². The number of ether oxygens (including phenoxy) is 2. The highest BCUT2D eigenvalue weighted by molar-refractivity contribution is 5.36. The monoisotopic (exact) mass is 416 g/mol. The number of aryl methyl sites for hydroxylation is 2. The van der Waals surface area contributed by atoms with Gasteiger partial charge in [-0.05, 0) is 62.1 Å². The summed E-state index contributed by atoms with van der Waals surface area (Å²) >= 11 is 0. The zero-order chi connectivity index (χ0) is 23.2. The third-order valence-corrected chi connectivity index (χ3v) is 4.59. The van der Waals surface area contributed by atoms with Gasteiger partial charge in [0, 0.05) is 13.7 Å². The highest BCUT2D eigenvalue weighted by atomic mass is 16.5. The van der Waals surface area contributed by atoms with Gasteiger partial charge in [0.05, 0.1) is 7.11 Å². The number of rotatable bonds is 10. The second-order valence-corrected chi connectivity index (χ2v) is 6.54. The van der Waals surface area contributed by atoms with Gasteiger partial charge in [-0.1, -0.05) is 89.6 Å². The number of hydrogen-bond acceptors (Lipinski definition) is 2. The second-order valence-electron chi connectivity index (χ2n) is 6.54. The highest BCUT2D eigenvalue weighted by Gasteiger charge is 2.11. The van der Waals surface area contributed by atoms with E-state index in [0.29, 0.717) is 5.92 Å². The summed E-state index contributed by atoms with van der Waals surface area (Å²) in [5, 5.41) is 0. The average molecular weight is 417 g/mol. The first-order chi connectivity index (χ1) is 14.7. The quantitative estimate of drug-likeness (QED) is 0.388. The largest absolute Gasteiger partial charge is 0.496 e. The van der Waals surface area contributed by atoms with Crippen molar-refractivity contribution in [2.45, 2.75) is 80.6 Å². The molecule has 2 heteroatoms. The van der Waals surface area contributed by atoms with Crippen LogP contribution in [0.25, 0.3) is 0 Å². The Labute approximate surface area is 188 Å². The molecule has 0 saturated carbocycles. The van der Waals surface area contributed by atoms with Gasteiger partial charge in [-0.15, -0.1) is 0 Å². The number of hydrogen-bond donors (Lipinski definition) is 0. The highest BCUT2D eigenvalue weighted by Crippen LogP contribution is 2.24. The second kappa shape index (κ2) is 21.9. The summed E-state index contributed by atoms with van der Waals surface area (Å²) in [7, 11) is 3.54. The normalized spacial score (nSPS) is 10.3. The maximum atomic E-state index is 5.50. The summed E-state index contributed by atoms with van der Waals surface area (Å²) in [5.74, 6) is 1.68. The SMILES string of the molecule is CC.CC.CC.COCCC(CCCc1cc(C)ccc1OC)Cc1ccccc1. The van der Waals surface area contributed by atoms with Gasteiger partial charge in [-0.3, -0.25) is 0 Å². The summed E-state index contributed by atoms with van der Waals surface area (Å²) in [6.45, 7) is 15.0. The van der Waals surface area contributed by atoms with Crippen LogP contribution in [0.4, 0.5) is 0 Å². The smallest absolute Gasteiger partial charge is 0.122 e. The molecule has 1 atom stereocenters. The molecule has 2 aromatic rings. The van der Waals surface area contributed by atoms with Gasteiger partial charge < -0.3 is 9.47 Å². The molecule has 172 valence electrons. The van der Waals surface area contributed by atoms with Crippen LogP contribution >= 0.6 is 0 Å². The van der Waals surface area contributed by atoms with Gasteiger partial charge in [0.1, 0.15) is 5.75 Å². The summed E-state index contributed by atoms with van der Waals surface area (Å²) in [6.07, 6.45) is 5.73. The van der Waals surface area contributed by atoms with Gasteiger partial charge in [0.15, 0.2) is 0 Å². The van der Waals surface area contributed by atoms with E-state index >= 15 is 0 Å². The van der Waals surface area contributed by atoms with E-state index in [1.807, 2.05) is 41.5 Å². The number of benzene rings is 2. The molecule has 0 fully saturated rings. The minimum absolute atomic E-state index is 0.670. The molecule has 30 heavy (non-hydrogen) atoms. The van der Waals surface area contributed by atoms with Crippen LogP contribution in [-0.4, -0.2) is 20.8 Å². The Morgan fingerprint density at radius 3 is 2.00 bits per heavy atom. The van der Waals surface area contributed by atoms with E-state index in [-0.39, 0.29) is 0 Å². The molecular weight excluding hydrogens is 368 g/mol. The van der Waals surface area contributed by atoms with E-state index in [2.05, 4.69) is 55.5 Å². The summed E-state index contributed by atoms with van der Waals surface area (Å²) < 4.78 is 10.8. The Morgan fingerprint density at radius 2 is 1.43 bits per heavy atom. The number of methoxy groups -OCH3 is 2. The molecular formula is C28H48O2. The molecule has 0 amide bonds. The van der Waals surface area contributed by atoms with Crippen LogP contribution in [0, 0.1) is 12.8 Å². The Hall–Kier alpha value is -1.80. The fourth-order valence-corrected chi connectivity index (χ4v) is 3.26. The minimum Gasteiger partial charge on any atom is -0.496 e. The molecule has 0 N–H and O–H groups in total. The lowest BCUT2D eigenvalue weighted by Crippen LogP contribution is -2.09. The van der Waals surface area contributed by atoms with Gasteiger partial charge >= 0.3 is 0 Å². The first kappa shape index (κ1) is 30.4. The molecule has 1 unspecified atom stereocenters. The lowest BCUT2D eigenvalue weighted by molar-refractivity contribution is 0.174. The predicted octanol–water partition coefficient (Wildman–Crippen LogP) is 8.30. The van der Waals surface area contributed by atoms with Crippen LogP contribution in [0.1, 0.15) is 77.5 Å². The van der Waals surface area contributed by atoms with Gasteiger partial charge in [-0.2, -0.15) is 0 Å². The van der Waals surface area contributed by atoms with Crippen LogP contribution in [-0.2, 0) is 17.6 Å². The van der Waals surface area contributed by atoms with Crippen LogP contribution in [0.5, 0.6) is 5.75 Å². The van der Waals surface area contributed by atoms with Crippen molar-refractivity contribution in [3.05, 3.63) is 65.2 Å². The van der Waals surface area contributed by atoms with Gasteiger partial charge in [0.2, 0.25) is 0 Å². The molecule has 0 heterocycles. The van der Waals surface area contributed by atoms with Crippen molar-refractivity contribution in [1.29, 1.82) is 0 Å². The Bertz CT molecular complexity index is 593. The van der Waals surface area contributed by atoms with E-state index < -0.39 is 0 Å². The maximum Gasteiger partial charge on any atom is 0.122 e. The Balaban J connectivity index is 0. The molecule has 0 aliphatic heterocycles. The topological polar surface area (TPSA) is 18.5 Å². The fourth-order valence-electron chi connectivity index (χ4n) is 3.26. The van der Waals surface area contributed by atoms with E-state index in [0.717, 1.165) is 31.6 Å². The van der Waals surface area contributed by atoms with E-state index in [9.17, 15) is 0 Å². The van der Waals surface area contributed by atoms with Crippen molar-refractivity contribution in [1.82, 2.24) is 0 Å². The van der Waals surface area contributed by atoms with Crippen LogP contribution in [0.3, 0.4) is 0 Å². The molecule has 0 spiro atoms. The van der Waals surface area contributed by atoms with Crippen molar-refractivity contribution in [3.8, 4) is 5.75 Å². The summed E-state index contributed by atoms with van der Waals surface area (Å²) in [5.41, 5.74) is 4.04. The van der Waals surface area contributed by atoms with Gasteiger partial charge in [-0.25, -0.2) is 0 Å². The first-order valence-corrected chi connectivity index (χ1v) is 11.9. The van der Waals surface area contributed by atoms with Crippen LogP contribution in [0.2, 0.25) is 0 Å². The first-order valence-electron chi connectivity index (χ1n) is 11.9.